The topological polar surface area (TPSA) is 58.2 Å². The van der Waals surface area contributed by atoms with Crippen LogP contribution in [0.15, 0.2) is 53.4 Å². The fourth-order valence-corrected chi connectivity index (χ4v) is 3.54. The van der Waals surface area contributed by atoms with E-state index < -0.39 is 0 Å². The molecule has 1 atom stereocenters. The molecular formula is C19H20N2O2S. The van der Waals surface area contributed by atoms with Crippen LogP contribution in [0.1, 0.15) is 18.1 Å². The summed E-state index contributed by atoms with van der Waals surface area (Å²) in [7, 11) is 0. The first-order valence-electron chi connectivity index (χ1n) is 8.03. The summed E-state index contributed by atoms with van der Waals surface area (Å²) in [5, 5.41) is 5.76. The van der Waals surface area contributed by atoms with Gasteiger partial charge in [0, 0.05) is 11.4 Å². The number of carbonyl (C=O) groups excluding carboxylic acids is 2. The van der Waals surface area contributed by atoms with Crippen LogP contribution in [-0.4, -0.2) is 23.6 Å². The summed E-state index contributed by atoms with van der Waals surface area (Å²) in [6.07, 6.45) is 1.14. The molecule has 0 bridgehead atoms. The number of anilines is 1. The molecule has 124 valence electrons. The summed E-state index contributed by atoms with van der Waals surface area (Å²) in [5.41, 5.74) is 2.92. The van der Waals surface area contributed by atoms with Gasteiger partial charge in [-0.1, -0.05) is 36.4 Å². The number of nitrogens with one attached hydrogen (secondary N) is 2. The summed E-state index contributed by atoms with van der Waals surface area (Å²) in [6, 6.07) is 15.9. The second-order valence-corrected chi connectivity index (χ2v) is 7.22. The Bertz CT molecular complexity index is 746. The molecule has 0 fully saturated rings. The smallest absolute Gasteiger partial charge is 0.237 e. The summed E-state index contributed by atoms with van der Waals surface area (Å²) in [6.45, 7) is 2.51. The Labute approximate surface area is 146 Å². The van der Waals surface area contributed by atoms with Crippen LogP contribution < -0.4 is 10.6 Å². The average Bonchev–Trinajstić information content (AvgIpc) is 2.57. The molecule has 1 unspecified atom stereocenters. The van der Waals surface area contributed by atoms with E-state index in [0.29, 0.717) is 13.0 Å². The zero-order valence-electron chi connectivity index (χ0n) is 13.5. The van der Waals surface area contributed by atoms with E-state index in [9.17, 15) is 9.59 Å². The van der Waals surface area contributed by atoms with E-state index in [1.165, 1.54) is 5.56 Å². The predicted molar refractivity (Wildman–Crippen MR) is 97.3 cm³/mol. The van der Waals surface area contributed by atoms with Gasteiger partial charge >= 0.3 is 0 Å². The van der Waals surface area contributed by atoms with E-state index in [1.807, 2.05) is 43.3 Å². The molecule has 0 spiro atoms. The number of carbonyl (C=O) groups is 2. The standard InChI is InChI=1S/C19H20N2O2S/c1-13-19(23)21-16-11-15(7-8-17(16)24-13)12-18(22)20-10-9-14-5-3-2-4-6-14/h2-8,11,13H,9-10,12H2,1H3,(H,20,22)(H,21,23). The molecule has 0 aromatic heterocycles. The Balaban J connectivity index is 1.53. The minimum atomic E-state index is -0.0790. The van der Waals surface area contributed by atoms with Crippen molar-refractivity contribution in [1.82, 2.24) is 5.32 Å². The third-order valence-corrected chi connectivity index (χ3v) is 5.10. The lowest BCUT2D eigenvalue weighted by Gasteiger charge is -2.21. The van der Waals surface area contributed by atoms with Crippen LogP contribution in [0, 0.1) is 0 Å². The van der Waals surface area contributed by atoms with Crippen molar-refractivity contribution in [2.45, 2.75) is 29.9 Å². The molecule has 3 rings (SSSR count). The van der Waals surface area contributed by atoms with Crippen LogP contribution in [0.5, 0.6) is 0 Å². The molecule has 2 amide bonds. The fraction of sp³-hybridized carbons (Fsp3) is 0.263. The van der Waals surface area contributed by atoms with Gasteiger partial charge in [-0.15, -0.1) is 11.8 Å². The molecule has 1 heterocycles. The number of fused-ring (bicyclic) bond motifs is 1. The maximum Gasteiger partial charge on any atom is 0.237 e. The molecule has 2 N–H and O–H groups in total. The highest BCUT2D eigenvalue weighted by Crippen LogP contribution is 2.35. The second kappa shape index (κ2) is 7.53. The van der Waals surface area contributed by atoms with Gasteiger partial charge in [-0.2, -0.15) is 0 Å². The van der Waals surface area contributed by atoms with Crippen LogP contribution in [0.4, 0.5) is 5.69 Å². The van der Waals surface area contributed by atoms with Gasteiger partial charge in [0.05, 0.1) is 17.4 Å². The molecule has 1 aliphatic rings. The molecule has 0 saturated carbocycles. The first kappa shape index (κ1) is 16.6. The zero-order valence-corrected chi connectivity index (χ0v) is 14.4. The lowest BCUT2D eigenvalue weighted by Crippen LogP contribution is -2.28. The monoisotopic (exact) mass is 340 g/mol. The van der Waals surface area contributed by atoms with Crippen molar-refractivity contribution in [2.75, 3.05) is 11.9 Å². The number of thioether (sulfide) groups is 1. The summed E-state index contributed by atoms with van der Waals surface area (Å²) >= 11 is 1.55. The number of hydrogen-bond acceptors (Lipinski definition) is 3. The van der Waals surface area contributed by atoms with Crippen molar-refractivity contribution in [3.05, 3.63) is 59.7 Å². The Morgan fingerprint density at radius 3 is 2.75 bits per heavy atom. The molecule has 0 aliphatic carbocycles. The van der Waals surface area contributed by atoms with E-state index in [1.54, 1.807) is 11.8 Å². The van der Waals surface area contributed by atoms with Gasteiger partial charge in [0.2, 0.25) is 11.8 Å². The Hall–Kier alpha value is -2.27. The average molecular weight is 340 g/mol. The third-order valence-electron chi connectivity index (χ3n) is 3.92. The van der Waals surface area contributed by atoms with Crippen LogP contribution >= 0.6 is 11.8 Å². The quantitative estimate of drug-likeness (QED) is 0.880. The maximum atomic E-state index is 12.1. The molecule has 24 heavy (non-hydrogen) atoms. The Morgan fingerprint density at radius 1 is 1.17 bits per heavy atom. The minimum Gasteiger partial charge on any atom is -0.355 e. The molecule has 0 saturated heterocycles. The summed E-state index contributed by atoms with van der Waals surface area (Å²) in [4.78, 5) is 24.9. The predicted octanol–water partition coefficient (Wildman–Crippen LogP) is 3.02. The highest BCUT2D eigenvalue weighted by atomic mass is 32.2. The van der Waals surface area contributed by atoms with Crippen molar-refractivity contribution < 1.29 is 9.59 Å². The van der Waals surface area contributed by atoms with Crippen LogP contribution in [0.2, 0.25) is 0 Å². The van der Waals surface area contributed by atoms with Gasteiger partial charge in [0.1, 0.15) is 0 Å². The molecule has 4 nitrogen and oxygen atoms in total. The third kappa shape index (κ3) is 4.17. The van der Waals surface area contributed by atoms with E-state index in [2.05, 4.69) is 22.8 Å². The lowest BCUT2D eigenvalue weighted by molar-refractivity contribution is -0.120. The van der Waals surface area contributed by atoms with Crippen molar-refractivity contribution >= 4 is 29.3 Å². The molecule has 2 aromatic carbocycles. The van der Waals surface area contributed by atoms with Gasteiger partial charge in [-0.25, -0.2) is 0 Å². The minimum absolute atomic E-state index is 0.00552. The lowest BCUT2D eigenvalue weighted by atomic mass is 10.1. The largest absolute Gasteiger partial charge is 0.355 e. The normalized spacial score (nSPS) is 16.2. The van der Waals surface area contributed by atoms with Gasteiger partial charge in [0.15, 0.2) is 0 Å². The highest BCUT2D eigenvalue weighted by molar-refractivity contribution is 8.00. The van der Waals surface area contributed by atoms with Crippen molar-refractivity contribution in [1.29, 1.82) is 0 Å². The molecule has 0 radical (unpaired) electrons. The van der Waals surface area contributed by atoms with Crippen molar-refractivity contribution in [2.24, 2.45) is 0 Å². The number of hydrogen-bond donors (Lipinski definition) is 2. The van der Waals surface area contributed by atoms with Crippen molar-refractivity contribution in [3.8, 4) is 0 Å². The number of rotatable bonds is 5. The van der Waals surface area contributed by atoms with Crippen LogP contribution in [0.3, 0.4) is 0 Å². The maximum absolute atomic E-state index is 12.1. The fourth-order valence-electron chi connectivity index (χ4n) is 2.60. The van der Waals surface area contributed by atoms with Crippen LogP contribution in [0.25, 0.3) is 0 Å². The number of benzene rings is 2. The van der Waals surface area contributed by atoms with Crippen LogP contribution in [-0.2, 0) is 22.4 Å². The van der Waals surface area contributed by atoms with Gasteiger partial charge in [-0.3, -0.25) is 9.59 Å². The van der Waals surface area contributed by atoms with E-state index in [-0.39, 0.29) is 17.1 Å². The van der Waals surface area contributed by atoms with Gasteiger partial charge < -0.3 is 10.6 Å². The van der Waals surface area contributed by atoms with Gasteiger partial charge in [0.25, 0.3) is 0 Å². The highest BCUT2D eigenvalue weighted by Gasteiger charge is 2.23. The first-order valence-corrected chi connectivity index (χ1v) is 8.91. The van der Waals surface area contributed by atoms with Gasteiger partial charge in [-0.05, 0) is 36.6 Å². The Morgan fingerprint density at radius 2 is 1.96 bits per heavy atom. The zero-order chi connectivity index (χ0) is 16.9. The number of amides is 2. The second-order valence-electron chi connectivity index (χ2n) is 5.84. The molecule has 2 aromatic rings. The van der Waals surface area contributed by atoms with E-state index in [4.69, 9.17) is 0 Å². The SMILES string of the molecule is CC1Sc2ccc(CC(=O)NCCc3ccccc3)cc2NC1=O. The summed E-state index contributed by atoms with van der Waals surface area (Å²) in [5.74, 6) is 0.00556. The van der Waals surface area contributed by atoms with E-state index in [0.717, 1.165) is 22.6 Å². The van der Waals surface area contributed by atoms with Crippen molar-refractivity contribution in [3.63, 3.8) is 0 Å². The molecule has 5 heteroatoms. The first-order chi connectivity index (χ1) is 11.6. The molecular weight excluding hydrogens is 320 g/mol. The summed E-state index contributed by atoms with van der Waals surface area (Å²) < 4.78 is 0. The molecule has 1 aliphatic heterocycles. The Kier molecular flexibility index (Phi) is 5.20. The van der Waals surface area contributed by atoms with E-state index >= 15 is 0 Å².